The number of ether oxygens (including phenoxy) is 3. The number of hydrogen-bond donors (Lipinski definition) is 1. The van der Waals surface area contributed by atoms with Crippen LogP contribution in [0, 0.1) is 6.92 Å². The molecule has 0 aromatic heterocycles. The number of carbonyl (C=O) groups is 2. The summed E-state index contributed by atoms with van der Waals surface area (Å²) in [5.41, 5.74) is 1.73. The maximum absolute atomic E-state index is 14.2. The number of carbonyl (C=O) groups excluding carboxylic acids is 2. The second kappa shape index (κ2) is 14.6. The molecule has 0 bridgehead atoms. The largest absolute Gasteiger partial charge is 0.497 e. The van der Waals surface area contributed by atoms with E-state index in [1.807, 2.05) is 13.0 Å². The van der Waals surface area contributed by atoms with Gasteiger partial charge in [-0.05, 0) is 62.2 Å². The summed E-state index contributed by atoms with van der Waals surface area (Å²) in [6.07, 6.45) is 0.314. The van der Waals surface area contributed by atoms with Crippen LogP contribution in [0.4, 0.5) is 5.69 Å². The minimum atomic E-state index is -4.27. The molecule has 1 N–H and O–H groups in total. The van der Waals surface area contributed by atoms with Gasteiger partial charge < -0.3 is 24.4 Å². The zero-order chi connectivity index (χ0) is 30.9. The summed E-state index contributed by atoms with van der Waals surface area (Å²) in [4.78, 5) is 28.8. The van der Waals surface area contributed by atoms with Crippen LogP contribution in [0.3, 0.4) is 0 Å². The number of nitrogens with zero attached hydrogens (tertiary/aromatic N) is 2. The molecule has 0 radical (unpaired) electrons. The van der Waals surface area contributed by atoms with Crippen molar-refractivity contribution in [3.63, 3.8) is 0 Å². The average Bonchev–Trinajstić information content (AvgIpc) is 2.99. The number of likely N-dealkylation sites (N-methyl/N-ethyl adjacent to an activating group) is 1. The molecule has 0 aliphatic heterocycles. The molecular weight excluding hydrogens is 558 g/mol. The van der Waals surface area contributed by atoms with Crippen LogP contribution in [0.5, 0.6) is 17.2 Å². The van der Waals surface area contributed by atoms with Gasteiger partial charge in [0.2, 0.25) is 11.8 Å². The Labute approximate surface area is 248 Å². The first-order valence-corrected chi connectivity index (χ1v) is 15.0. The maximum atomic E-state index is 14.2. The molecule has 10 nitrogen and oxygen atoms in total. The van der Waals surface area contributed by atoms with Gasteiger partial charge in [0.05, 0.1) is 31.9 Å². The van der Waals surface area contributed by atoms with Crippen LogP contribution in [-0.4, -0.2) is 65.6 Å². The van der Waals surface area contributed by atoms with Crippen molar-refractivity contribution in [2.45, 2.75) is 44.7 Å². The van der Waals surface area contributed by atoms with Crippen LogP contribution < -0.4 is 23.8 Å². The van der Waals surface area contributed by atoms with Crippen LogP contribution >= 0.6 is 0 Å². The zero-order valence-corrected chi connectivity index (χ0v) is 25.7. The molecule has 0 unspecified atom stereocenters. The predicted molar refractivity (Wildman–Crippen MR) is 162 cm³/mol. The number of benzene rings is 3. The molecular formula is C31H39N3O7S. The molecule has 0 saturated carbocycles. The van der Waals surface area contributed by atoms with Crippen molar-refractivity contribution < 1.29 is 32.2 Å². The van der Waals surface area contributed by atoms with Crippen molar-refractivity contribution in [1.82, 2.24) is 10.2 Å². The summed E-state index contributed by atoms with van der Waals surface area (Å²) >= 11 is 0. The third-order valence-corrected chi connectivity index (χ3v) is 8.54. The Kier molecular flexibility index (Phi) is 11.2. The molecule has 0 aliphatic carbocycles. The second-order valence-electron chi connectivity index (χ2n) is 9.55. The van der Waals surface area contributed by atoms with Gasteiger partial charge in [-0.2, -0.15) is 0 Å². The Morgan fingerprint density at radius 2 is 1.55 bits per heavy atom. The highest BCUT2D eigenvalue weighted by molar-refractivity contribution is 7.92. The van der Waals surface area contributed by atoms with Crippen molar-refractivity contribution in [1.29, 1.82) is 0 Å². The zero-order valence-electron chi connectivity index (χ0n) is 24.9. The molecule has 3 rings (SSSR count). The summed E-state index contributed by atoms with van der Waals surface area (Å²) in [5.74, 6) is 0.300. The fourth-order valence-corrected chi connectivity index (χ4v) is 5.94. The number of rotatable bonds is 14. The molecule has 226 valence electrons. The lowest BCUT2D eigenvalue weighted by Gasteiger charge is -2.33. The molecule has 2 amide bonds. The lowest BCUT2D eigenvalue weighted by atomic mass is 10.1. The molecule has 0 fully saturated rings. The van der Waals surface area contributed by atoms with Gasteiger partial charge in [0.25, 0.3) is 10.0 Å². The normalized spacial score (nSPS) is 11.8. The first-order chi connectivity index (χ1) is 20.1. The third-order valence-electron chi connectivity index (χ3n) is 6.77. The summed E-state index contributed by atoms with van der Waals surface area (Å²) in [5, 5.41) is 2.79. The van der Waals surface area contributed by atoms with Crippen LogP contribution in [0.1, 0.15) is 31.4 Å². The molecule has 3 aromatic rings. The number of sulfonamides is 1. The van der Waals surface area contributed by atoms with Gasteiger partial charge in [-0.25, -0.2) is 8.42 Å². The minimum Gasteiger partial charge on any atom is -0.497 e. The SMILES string of the molecule is CCNC(=O)[C@@H](CC)N(Cc1cccc(OC)c1)C(=O)CN(c1cc(OC)ccc1OC)S(=O)(=O)c1ccc(C)cc1. The monoisotopic (exact) mass is 597 g/mol. The Bertz CT molecular complexity index is 1480. The van der Waals surface area contributed by atoms with E-state index in [0.717, 1.165) is 15.4 Å². The first-order valence-electron chi connectivity index (χ1n) is 13.6. The molecule has 0 spiro atoms. The molecule has 0 saturated heterocycles. The van der Waals surface area contributed by atoms with Gasteiger partial charge >= 0.3 is 0 Å². The van der Waals surface area contributed by atoms with Gasteiger partial charge in [0.1, 0.15) is 29.8 Å². The third kappa shape index (κ3) is 7.52. The Hall–Kier alpha value is -4.25. The predicted octanol–water partition coefficient (Wildman–Crippen LogP) is 4.16. The van der Waals surface area contributed by atoms with Crippen molar-refractivity contribution in [3.8, 4) is 17.2 Å². The number of amides is 2. The molecule has 0 heterocycles. The van der Waals surface area contributed by atoms with E-state index in [-0.39, 0.29) is 28.8 Å². The first kappa shape index (κ1) is 32.3. The fourth-order valence-electron chi connectivity index (χ4n) is 4.52. The number of nitrogens with one attached hydrogen (secondary N) is 1. The minimum absolute atomic E-state index is 0.000821. The van der Waals surface area contributed by atoms with Crippen LogP contribution in [0.2, 0.25) is 0 Å². The topological polar surface area (TPSA) is 114 Å². The summed E-state index contributed by atoms with van der Waals surface area (Å²) in [7, 11) is 0.149. The molecule has 0 aliphatic rings. The highest BCUT2D eigenvalue weighted by Crippen LogP contribution is 2.36. The number of hydrogen-bond acceptors (Lipinski definition) is 7. The van der Waals surface area contributed by atoms with E-state index < -0.39 is 28.5 Å². The smallest absolute Gasteiger partial charge is 0.264 e. The second-order valence-corrected chi connectivity index (χ2v) is 11.4. The highest BCUT2D eigenvalue weighted by atomic mass is 32.2. The molecule has 1 atom stereocenters. The van der Waals surface area contributed by atoms with Crippen molar-refractivity contribution in [2.24, 2.45) is 0 Å². The van der Waals surface area contributed by atoms with E-state index in [1.54, 1.807) is 63.4 Å². The molecule has 3 aromatic carbocycles. The van der Waals surface area contributed by atoms with E-state index in [4.69, 9.17) is 14.2 Å². The Morgan fingerprint density at radius 3 is 2.14 bits per heavy atom. The Morgan fingerprint density at radius 1 is 0.881 bits per heavy atom. The maximum Gasteiger partial charge on any atom is 0.264 e. The number of methoxy groups -OCH3 is 3. The van der Waals surface area contributed by atoms with Crippen LogP contribution in [0.25, 0.3) is 0 Å². The fraction of sp³-hybridized carbons (Fsp3) is 0.355. The van der Waals surface area contributed by atoms with Gasteiger partial charge in [-0.15, -0.1) is 0 Å². The van der Waals surface area contributed by atoms with E-state index in [9.17, 15) is 18.0 Å². The van der Waals surface area contributed by atoms with Crippen LogP contribution in [-0.2, 0) is 26.2 Å². The van der Waals surface area contributed by atoms with Crippen molar-refractivity contribution in [2.75, 3.05) is 38.7 Å². The van der Waals surface area contributed by atoms with Crippen LogP contribution in [0.15, 0.2) is 71.6 Å². The van der Waals surface area contributed by atoms with Gasteiger partial charge in [-0.3, -0.25) is 13.9 Å². The standard InChI is InChI=1S/C31H39N3O7S/c1-7-27(31(36)32-8-2)33(20-23-10-9-11-24(18-23)39-4)30(35)21-34(28-19-25(40-5)14-17-29(28)41-6)42(37,38)26-15-12-22(3)13-16-26/h9-19,27H,7-8,20-21H2,1-6H3,(H,32,36)/t27-/m1/s1. The number of aryl methyl sites for hydroxylation is 1. The van der Waals surface area contributed by atoms with Gasteiger partial charge in [0, 0.05) is 19.2 Å². The van der Waals surface area contributed by atoms with E-state index in [2.05, 4.69) is 5.32 Å². The molecule has 11 heteroatoms. The summed E-state index contributed by atoms with van der Waals surface area (Å²) in [6.45, 7) is 5.29. The lowest BCUT2D eigenvalue weighted by Crippen LogP contribution is -2.52. The van der Waals surface area contributed by atoms with Crippen molar-refractivity contribution in [3.05, 3.63) is 77.9 Å². The quantitative estimate of drug-likeness (QED) is 0.297. The van der Waals surface area contributed by atoms with Gasteiger partial charge in [-0.1, -0.05) is 36.8 Å². The van der Waals surface area contributed by atoms with E-state index >= 15 is 0 Å². The number of anilines is 1. The average molecular weight is 598 g/mol. The Balaban J connectivity index is 2.15. The highest BCUT2D eigenvalue weighted by Gasteiger charge is 2.35. The van der Waals surface area contributed by atoms with E-state index in [1.165, 1.54) is 37.3 Å². The lowest BCUT2D eigenvalue weighted by molar-refractivity contribution is -0.140. The van der Waals surface area contributed by atoms with E-state index in [0.29, 0.717) is 24.5 Å². The van der Waals surface area contributed by atoms with Crippen molar-refractivity contribution >= 4 is 27.5 Å². The summed E-state index contributed by atoms with van der Waals surface area (Å²) < 4.78 is 45.5. The molecule has 42 heavy (non-hydrogen) atoms. The van der Waals surface area contributed by atoms with Gasteiger partial charge in [0.15, 0.2) is 0 Å². The summed E-state index contributed by atoms with van der Waals surface area (Å²) in [6, 6.07) is 17.4.